The molecule has 1 saturated heterocycles. The Labute approximate surface area is 209 Å². The minimum absolute atomic E-state index is 0.138. The van der Waals surface area contributed by atoms with Crippen LogP contribution in [0.3, 0.4) is 0 Å². The van der Waals surface area contributed by atoms with E-state index in [9.17, 15) is 5.11 Å². The van der Waals surface area contributed by atoms with Crippen molar-refractivity contribution in [2.24, 2.45) is 5.92 Å². The van der Waals surface area contributed by atoms with Gasteiger partial charge in [-0.3, -0.25) is 0 Å². The zero-order chi connectivity index (χ0) is 24.9. The summed E-state index contributed by atoms with van der Waals surface area (Å²) in [7, 11) is 1.77. The van der Waals surface area contributed by atoms with Gasteiger partial charge in [0.15, 0.2) is 5.82 Å². The first-order valence-corrected chi connectivity index (χ1v) is 12.0. The molecule has 0 bridgehead atoms. The van der Waals surface area contributed by atoms with Crippen LogP contribution in [0.15, 0.2) is 22.7 Å². The van der Waals surface area contributed by atoms with E-state index in [0.29, 0.717) is 65.2 Å². The van der Waals surface area contributed by atoms with Gasteiger partial charge in [-0.25, -0.2) is 4.98 Å². The number of benzene rings is 1. The van der Waals surface area contributed by atoms with Crippen LogP contribution in [0.4, 0.5) is 0 Å². The molecule has 1 aromatic carbocycles. The maximum absolute atomic E-state index is 9.98. The van der Waals surface area contributed by atoms with Gasteiger partial charge in [-0.05, 0) is 52.4 Å². The van der Waals surface area contributed by atoms with Gasteiger partial charge in [-0.1, -0.05) is 16.8 Å². The highest BCUT2D eigenvalue weighted by Gasteiger charge is 2.23. The Hall–Kier alpha value is -2.72. The van der Waals surface area contributed by atoms with Crippen molar-refractivity contribution in [1.29, 1.82) is 0 Å². The van der Waals surface area contributed by atoms with Crippen molar-refractivity contribution in [3.63, 3.8) is 0 Å². The molecule has 0 amide bonds. The van der Waals surface area contributed by atoms with Crippen molar-refractivity contribution in [2.75, 3.05) is 40.0 Å². The molecule has 0 radical (unpaired) electrons. The van der Waals surface area contributed by atoms with E-state index in [0.717, 1.165) is 29.8 Å². The van der Waals surface area contributed by atoms with Crippen LogP contribution in [0.1, 0.15) is 23.4 Å². The normalized spacial score (nSPS) is 16.5. The lowest BCUT2D eigenvalue weighted by Gasteiger charge is -2.16. The average molecular weight is 503 g/mol. The molecule has 1 aliphatic heterocycles. The van der Waals surface area contributed by atoms with Crippen LogP contribution >= 0.6 is 11.6 Å². The summed E-state index contributed by atoms with van der Waals surface area (Å²) in [5, 5.41) is 17.5. The zero-order valence-electron chi connectivity index (χ0n) is 20.4. The summed E-state index contributed by atoms with van der Waals surface area (Å²) in [6.07, 6.45) is 0.318. The van der Waals surface area contributed by atoms with Crippen molar-refractivity contribution < 1.29 is 23.8 Å². The second kappa shape index (κ2) is 11.3. The fraction of sp³-hybridized carbons (Fsp3) is 0.480. The largest absolute Gasteiger partial charge is 0.491 e. The molecule has 4 rings (SSSR count). The minimum Gasteiger partial charge on any atom is -0.491 e. The molecule has 3 aromatic rings. The van der Waals surface area contributed by atoms with Crippen LogP contribution in [0, 0.1) is 26.7 Å². The first-order chi connectivity index (χ1) is 16.9. The fourth-order valence-corrected chi connectivity index (χ4v) is 4.19. The lowest BCUT2D eigenvalue weighted by molar-refractivity contribution is 0.108. The van der Waals surface area contributed by atoms with Gasteiger partial charge in [0.25, 0.3) is 0 Å². The highest BCUT2D eigenvalue weighted by molar-refractivity contribution is 6.33. The summed E-state index contributed by atoms with van der Waals surface area (Å²) in [4.78, 5) is 9.59. The van der Waals surface area contributed by atoms with E-state index < -0.39 is 6.10 Å². The Kier molecular flexibility index (Phi) is 8.22. The number of hydrogen-bond acceptors (Lipinski definition) is 9. The van der Waals surface area contributed by atoms with Crippen LogP contribution in [-0.2, 0) is 4.74 Å². The smallest absolute Gasteiger partial charge is 0.220 e. The average Bonchev–Trinajstić information content (AvgIpc) is 3.48. The first-order valence-electron chi connectivity index (χ1n) is 11.6. The third-order valence-electron chi connectivity index (χ3n) is 5.91. The number of halogens is 1. The van der Waals surface area contributed by atoms with Crippen LogP contribution in [-0.4, -0.2) is 66.4 Å². The topological polar surface area (TPSA) is 112 Å². The molecule has 0 saturated carbocycles. The van der Waals surface area contributed by atoms with Crippen molar-refractivity contribution in [2.45, 2.75) is 33.3 Å². The van der Waals surface area contributed by atoms with Crippen LogP contribution in [0.5, 0.6) is 11.6 Å². The highest BCUT2D eigenvalue weighted by atomic mass is 35.5. The van der Waals surface area contributed by atoms with Gasteiger partial charge in [0.1, 0.15) is 24.2 Å². The lowest BCUT2D eigenvalue weighted by Crippen LogP contribution is -2.29. The predicted molar refractivity (Wildman–Crippen MR) is 132 cm³/mol. The summed E-state index contributed by atoms with van der Waals surface area (Å²) in [5.74, 6) is 2.40. The second-order valence-electron chi connectivity index (χ2n) is 8.73. The monoisotopic (exact) mass is 502 g/mol. The number of hydrogen-bond donors (Lipinski definition) is 2. The summed E-state index contributed by atoms with van der Waals surface area (Å²) in [6.45, 7) is 8.14. The third kappa shape index (κ3) is 5.92. The van der Waals surface area contributed by atoms with Gasteiger partial charge in [-0.15, -0.1) is 0 Å². The third-order valence-corrected chi connectivity index (χ3v) is 6.24. The standard InChI is InChI=1S/C25H31ClN4O5/c1-14-23(22-15(2)30-35-16(22)3)28-24(29-25(14)34-12-17-7-8-32-11-17)20-9-19(5-6-21(20)26)33-13-18(31)10-27-4/h5-6,9,17-18,27,31H,7-8,10-13H2,1-4H3/t17-,18-/m1/s1. The SMILES string of the molecule is CNC[C@@H](O)COc1ccc(Cl)c(-c2nc(OC[C@@H]3CCOC3)c(C)c(-c3c(C)noc3C)n2)c1. The molecule has 35 heavy (non-hydrogen) atoms. The second-order valence-corrected chi connectivity index (χ2v) is 9.14. The molecule has 1 aliphatic rings. The Balaban J connectivity index is 1.72. The fourth-order valence-electron chi connectivity index (χ4n) is 3.99. The van der Waals surface area contributed by atoms with Gasteiger partial charge in [0, 0.05) is 30.2 Å². The van der Waals surface area contributed by atoms with E-state index in [1.54, 1.807) is 25.2 Å². The summed E-state index contributed by atoms with van der Waals surface area (Å²) in [5.41, 5.74) is 3.59. The molecule has 3 heterocycles. The molecule has 188 valence electrons. The Morgan fingerprint density at radius 2 is 2.06 bits per heavy atom. The van der Waals surface area contributed by atoms with Gasteiger partial charge >= 0.3 is 0 Å². The van der Waals surface area contributed by atoms with E-state index >= 15 is 0 Å². The number of nitrogens with one attached hydrogen (secondary N) is 1. The van der Waals surface area contributed by atoms with Gasteiger partial charge in [-0.2, -0.15) is 4.98 Å². The van der Waals surface area contributed by atoms with Crippen LogP contribution in [0.2, 0.25) is 5.02 Å². The van der Waals surface area contributed by atoms with E-state index in [-0.39, 0.29) is 6.61 Å². The quantitative estimate of drug-likeness (QED) is 0.428. The van der Waals surface area contributed by atoms with Crippen molar-refractivity contribution in [1.82, 2.24) is 20.4 Å². The Morgan fingerprint density at radius 1 is 1.23 bits per heavy atom. The van der Waals surface area contributed by atoms with E-state index in [4.69, 9.17) is 40.3 Å². The number of nitrogens with zero attached hydrogens (tertiary/aromatic N) is 3. The number of rotatable bonds is 10. The first kappa shape index (κ1) is 25.4. The molecule has 0 spiro atoms. The minimum atomic E-state index is -0.638. The Morgan fingerprint density at radius 3 is 2.74 bits per heavy atom. The van der Waals surface area contributed by atoms with Crippen LogP contribution < -0.4 is 14.8 Å². The summed E-state index contributed by atoms with van der Waals surface area (Å²) >= 11 is 6.57. The molecular weight excluding hydrogens is 472 g/mol. The Bertz CT molecular complexity index is 1140. The van der Waals surface area contributed by atoms with E-state index in [1.165, 1.54) is 0 Å². The maximum atomic E-state index is 9.98. The van der Waals surface area contributed by atoms with Crippen molar-refractivity contribution in [3.05, 3.63) is 40.2 Å². The highest BCUT2D eigenvalue weighted by Crippen LogP contribution is 2.37. The van der Waals surface area contributed by atoms with Crippen molar-refractivity contribution in [3.8, 4) is 34.3 Å². The molecule has 2 aromatic heterocycles. The van der Waals surface area contributed by atoms with Crippen LogP contribution in [0.25, 0.3) is 22.6 Å². The van der Waals surface area contributed by atoms with E-state index in [2.05, 4.69) is 10.5 Å². The van der Waals surface area contributed by atoms with Crippen molar-refractivity contribution >= 4 is 11.6 Å². The molecule has 1 fully saturated rings. The summed E-state index contributed by atoms with van der Waals surface area (Å²) < 4.78 is 22.8. The molecule has 0 unspecified atom stereocenters. The maximum Gasteiger partial charge on any atom is 0.220 e. The number of likely N-dealkylation sites (N-methyl/N-ethyl adjacent to an activating group) is 1. The number of ether oxygens (including phenoxy) is 3. The van der Waals surface area contributed by atoms with Gasteiger partial charge < -0.3 is 29.2 Å². The summed E-state index contributed by atoms with van der Waals surface area (Å²) in [6, 6.07) is 5.25. The molecule has 0 aliphatic carbocycles. The van der Waals surface area contributed by atoms with Gasteiger partial charge in [0.2, 0.25) is 5.88 Å². The molecule has 2 atom stereocenters. The van der Waals surface area contributed by atoms with Gasteiger partial charge in [0.05, 0.1) is 35.2 Å². The number of aryl methyl sites for hydroxylation is 2. The number of aromatic nitrogens is 3. The number of aliphatic hydroxyl groups excluding tert-OH is 1. The molecule has 9 nitrogen and oxygen atoms in total. The molecular formula is C25H31ClN4O5. The molecule has 10 heteroatoms. The van der Waals surface area contributed by atoms with E-state index in [1.807, 2.05) is 20.8 Å². The predicted octanol–water partition coefficient (Wildman–Crippen LogP) is 3.75. The lowest BCUT2D eigenvalue weighted by atomic mass is 10.1. The zero-order valence-corrected chi connectivity index (χ0v) is 21.2. The number of aliphatic hydroxyl groups is 1. The molecule has 2 N–H and O–H groups in total.